The third-order valence-electron chi connectivity index (χ3n) is 7.20. The predicted molar refractivity (Wildman–Crippen MR) is 147 cm³/mol. The summed E-state index contributed by atoms with van der Waals surface area (Å²) in [7, 11) is 1.70. The van der Waals surface area contributed by atoms with Gasteiger partial charge in [0.25, 0.3) is 0 Å². The number of hydrogen-bond donors (Lipinski definition) is 0. The van der Waals surface area contributed by atoms with E-state index >= 15 is 0 Å². The highest BCUT2D eigenvalue weighted by Gasteiger charge is 2.35. The van der Waals surface area contributed by atoms with Crippen LogP contribution in [-0.2, 0) is 13.0 Å². The van der Waals surface area contributed by atoms with Crippen LogP contribution in [0.1, 0.15) is 46.5 Å². The van der Waals surface area contributed by atoms with E-state index in [4.69, 9.17) is 14.2 Å². The highest BCUT2D eigenvalue weighted by atomic mass is 16.5. The van der Waals surface area contributed by atoms with Crippen molar-refractivity contribution in [3.8, 4) is 17.2 Å². The third kappa shape index (κ3) is 4.94. The molecule has 2 aliphatic rings. The Hall–Kier alpha value is -3.77. The van der Waals surface area contributed by atoms with E-state index in [0.29, 0.717) is 30.3 Å². The van der Waals surface area contributed by atoms with Crippen LogP contribution in [0.2, 0.25) is 0 Å². The number of anilines is 1. The summed E-state index contributed by atoms with van der Waals surface area (Å²) in [5.74, 6) is 2.60. The van der Waals surface area contributed by atoms with E-state index in [0.717, 1.165) is 59.8 Å². The Labute approximate surface area is 219 Å². The predicted octanol–water partition coefficient (Wildman–Crippen LogP) is 5.86. The van der Waals surface area contributed by atoms with Crippen LogP contribution in [0.5, 0.6) is 17.2 Å². The molecule has 0 unspecified atom stereocenters. The number of hydrogen-bond acceptors (Lipinski definition) is 6. The van der Waals surface area contributed by atoms with Gasteiger partial charge in [-0.1, -0.05) is 30.3 Å². The maximum Gasteiger partial charge on any atom is 0.232 e. The topological polar surface area (TPSA) is 51.2 Å². The standard InChI is InChI=1S/C31H34N2O4/c1-5-33(6-2)24-13-11-22(12-14-24)18-28-30(34)29-21(3)17-27-25(31(29)37-28)19-32(20-36-27)16-15-23-9-7-8-10-26(23)35-4/h7-14,17-18H,5-6,15-16,19-20H2,1-4H3/b28-18-. The smallest absolute Gasteiger partial charge is 0.232 e. The number of aryl methyl sites for hydroxylation is 1. The Morgan fingerprint density at radius 1 is 1.08 bits per heavy atom. The Bertz CT molecular complexity index is 1330. The molecule has 0 atom stereocenters. The molecular formula is C31H34N2O4. The number of carbonyl (C=O) groups is 1. The van der Waals surface area contributed by atoms with Crippen LogP contribution < -0.4 is 19.1 Å². The average molecular weight is 499 g/mol. The van der Waals surface area contributed by atoms with Crippen molar-refractivity contribution in [3.05, 3.63) is 88.2 Å². The molecule has 0 spiro atoms. The molecule has 0 aliphatic carbocycles. The van der Waals surface area contributed by atoms with Crippen LogP contribution in [0, 0.1) is 6.92 Å². The monoisotopic (exact) mass is 498 g/mol. The Morgan fingerprint density at radius 3 is 2.57 bits per heavy atom. The molecule has 2 heterocycles. The maximum absolute atomic E-state index is 13.4. The van der Waals surface area contributed by atoms with Gasteiger partial charge in [-0.2, -0.15) is 0 Å². The number of allylic oxidation sites excluding steroid dienone is 1. The molecule has 0 amide bonds. The number of ketones is 1. The molecule has 0 radical (unpaired) electrons. The first-order valence-corrected chi connectivity index (χ1v) is 12.9. The van der Waals surface area contributed by atoms with E-state index < -0.39 is 0 Å². The van der Waals surface area contributed by atoms with Crippen molar-refractivity contribution in [2.45, 2.75) is 33.7 Å². The highest BCUT2D eigenvalue weighted by molar-refractivity contribution is 6.15. The zero-order valence-electron chi connectivity index (χ0n) is 22.0. The number of carbonyl (C=O) groups excluding carboxylic acids is 1. The fourth-order valence-electron chi connectivity index (χ4n) is 5.13. The Morgan fingerprint density at radius 2 is 1.84 bits per heavy atom. The summed E-state index contributed by atoms with van der Waals surface area (Å²) in [6.45, 7) is 10.1. The molecule has 0 bridgehead atoms. The van der Waals surface area contributed by atoms with Gasteiger partial charge >= 0.3 is 0 Å². The quantitative estimate of drug-likeness (QED) is 0.363. The normalized spacial score (nSPS) is 15.7. The van der Waals surface area contributed by atoms with E-state index in [1.165, 1.54) is 5.69 Å². The fraction of sp³-hybridized carbons (Fsp3) is 0.323. The summed E-state index contributed by atoms with van der Waals surface area (Å²) in [5, 5.41) is 0. The summed E-state index contributed by atoms with van der Waals surface area (Å²) in [6, 6.07) is 18.3. The van der Waals surface area contributed by atoms with Crippen molar-refractivity contribution in [1.82, 2.24) is 4.90 Å². The molecule has 3 aromatic carbocycles. The van der Waals surface area contributed by atoms with Crippen molar-refractivity contribution in [3.63, 3.8) is 0 Å². The van der Waals surface area contributed by atoms with Gasteiger partial charge < -0.3 is 19.1 Å². The van der Waals surface area contributed by atoms with Gasteiger partial charge in [0.15, 0.2) is 5.76 Å². The van der Waals surface area contributed by atoms with Crippen LogP contribution in [0.25, 0.3) is 6.08 Å². The van der Waals surface area contributed by atoms with Crippen molar-refractivity contribution in [1.29, 1.82) is 0 Å². The average Bonchev–Trinajstić information content (AvgIpc) is 3.26. The first-order valence-electron chi connectivity index (χ1n) is 12.9. The molecule has 6 nitrogen and oxygen atoms in total. The van der Waals surface area contributed by atoms with E-state index in [1.807, 2.05) is 49.4 Å². The number of para-hydroxylation sites is 1. The van der Waals surface area contributed by atoms with Crippen LogP contribution in [0.15, 0.2) is 60.4 Å². The number of nitrogens with zero attached hydrogens (tertiary/aromatic N) is 2. The summed E-state index contributed by atoms with van der Waals surface area (Å²) >= 11 is 0. The zero-order valence-corrected chi connectivity index (χ0v) is 22.0. The van der Waals surface area contributed by atoms with E-state index in [-0.39, 0.29) is 5.78 Å². The molecule has 0 fully saturated rings. The van der Waals surface area contributed by atoms with Gasteiger partial charge in [-0.25, -0.2) is 0 Å². The van der Waals surface area contributed by atoms with Crippen molar-refractivity contribution in [2.75, 3.05) is 38.4 Å². The van der Waals surface area contributed by atoms with Gasteiger partial charge in [0.1, 0.15) is 24.0 Å². The van der Waals surface area contributed by atoms with Crippen LogP contribution in [-0.4, -0.2) is 44.2 Å². The summed E-state index contributed by atoms with van der Waals surface area (Å²) < 4.78 is 17.9. The molecule has 37 heavy (non-hydrogen) atoms. The lowest BCUT2D eigenvalue weighted by Gasteiger charge is -2.30. The lowest BCUT2D eigenvalue weighted by Crippen LogP contribution is -2.34. The minimum absolute atomic E-state index is 0.0748. The summed E-state index contributed by atoms with van der Waals surface area (Å²) in [6.07, 6.45) is 2.68. The van der Waals surface area contributed by atoms with E-state index in [1.54, 1.807) is 7.11 Å². The van der Waals surface area contributed by atoms with Crippen molar-refractivity contribution in [2.24, 2.45) is 0 Å². The molecule has 0 aromatic heterocycles. The van der Waals surface area contributed by atoms with Gasteiger partial charge in [0.2, 0.25) is 5.78 Å². The lowest BCUT2D eigenvalue weighted by molar-refractivity contribution is 0.0947. The number of benzene rings is 3. The molecule has 6 heteroatoms. The number of Topliss-reactive ketones (excluding diaryl/α,β-unsaturated/α-hetero) is 1. The summed E-state index contributed by atoms with van der Waals surface area (Å²) in [5.41, 5.74) is 5.72. The molecule has 3 aromatic rings. The first kappa shape index (κ1) is 24.9. The zero-order chi connectivity index (χ0) is 25.9. The van der Waals surface area contributed by atoms with Crippen molar-refractivity contribution >= 4 is 17.5 Å². The minimum atomic E-state index is -0.0748. The van der Waals surface area contributed by atoms with Gasteiger partial charge in [-0.05, 0) is 74.2 Å². The van der Waals surface area contributed by atoms with Gasteiger partial charge in [0.05, 0.1) is 18.2 Å². The second kappa shape index (κ2) is 10.7. The molecule has 192 valence electrons. The second-order valence-corrected chi connectivity index (χ2v) is 9.47. The van der Waals surface area contributed by atoms with Crippen molar-refractivity contribution < 1.29 is 19.0 Å². The second-order valence-electron chi connectivity index (χ2n) is 9.47. The Balaban J connectivity index is 1.36. The van der Waals surface area contributed by atoms with E-state index in [9.17, 15) is 4.79 Å². The highest BCUT2D eigenvalue weighted by Crippen LogP contribution is 2.44. The molecule has 0 saturated heterocycles. The molecule has 0 N–H and O–H groups in total. The lowest BCUT2D eigenvalue weighted by atomic mass is 9.98. The molecule has 5 rings (SSSR count). The summed E-state index contributed by atoms with van der Waals surface area (Å²) in [4.78, 5) is 17.9. The Kier molecular flexibility index (Phi) is 7.19. The largest absolute Gasteiger partial charge is 0.496 e. The van der Waals surface area contributed by atoms with Crippen LogP contribution in [0.3, 0.4) is 0 Å². The minimum Gasteiger partial charge on any atom is -0.496 e. The van der Waals surface area contributed by atoms with Gasteiger partial charge in [-0.15, -0.1) is 0 Å². The number of rotatable bonds is 8. The van der Waals surface area contributed by atoms with Gasteiger partial charge in [-0.3, -0.25) is 9.69 Å². The number of methoxy groups -OCH3 is 1. The van der Waals surface area contributed by atoms with Crippen LogP contribution >= 0.6 is 0 Å². The molecular weight excluding hydrogens is 464 g/mol. The SMILES string of the molecule is CCN(CC)c1ccc(/C=C2\Oc3c4c(cc(C)c3C2=O)OCN(CCc2ccccc2OC)C4)cc1. The molecule has 2 aliphatic heterocycles. The van der Waals surface area contributed by atoms with Crippen LogP contribution in [0.4, 0.5) is 5.69 Å². The maximum atomic E-state index is 13.4. The van der Waals surface area contributed by atoms with Gasteiger partial charge in [0, 0.05) is 31.9 Å². The number of ether oxygens (including phenoxy) is 3. The number of fused-ring (bicyclic) bond motifs is 3. The first-order chi connectivity index (χ1) is 18.0. The fourth-order valence-corrected chi connectivity index (χ4v) is 5.13. The third-order valence-corrected chi connectivity index (χ3v) is 7.20. The van der Waals surface area contributed by atoms with E-state index in [2.05, 4.69) is 41.8 Å². The molecule has 0 saturated carbocycles.